The first-order valence-electron chi connectivity index (χ1n) is 15.2. The minimum atomic E-state index is -1.14. The van der Waals surface area contributed by atoms with Gasteiger partial charge in [0.05, 0.1) is 11.5 Å². The van der Waals surface area contributed by atoms with Gasteiger partial charge >= 0.3 is 18.0 Å². The number of alkyl carbamates (subject to hydrolysis) is 1. The van der Waals surface area contributed by atoms with Gasteiger partial charge in [0.1, 0.15) is 25.4 Å². The maximum absolute atomic E-state index is 13.3. The smallest absolute Gasteiger partial charge is 0.407 e. The van der Waals surface area contributed by atoms with Crippen LogP contribution >= 0.6 is 0 Å². The molecule has 8 heteroatoms. The number of fused-ring (bicyclic) bond motifs is 3. The van der Waals surface area contributed by atoms with Crippen molar-refractivity contribution in [1.82, 2.24) is 5.32 Å². The number of rotatable bonds is 16. The summed E-state index contributed by atoms with van der Waals surface area (Å²) in [6.07, 6.45) is 3.38. The molecule has 0 unspecified atom stereocenters. The lowest BCUT2D eigenvalue weighted by Gasteiger charge is -2.36. The Hall–Kier alpha value is -3.65. The summed E-state index contributed by atoms with van der Waals surface area (Å²) in [6.45, 7) is 12.8. The lowest BCUT2D eigenvalue weighted by molar-refractivity contribution is -0.175. The van der Waals surface area contributed by atoms with Crippen LogP contribution in [0.25, 0.3) is 11.1 Å². The highest BCUT2D eigenvalue weighted by Gasteiger charge is 2.44. The van der Waals surface area contributed by atoms with E-state index in [4.69, 9.17) is 18.9 Å². The third kappa shape index (κ3) is 8.47. The number of esters is 2. The summed E-state index contributed by atoms with van der Waals surface area (Å²) in [6, 6.07) is 15.2. The summed E-state index contributed by atoms with van der Waals surface area (Å²) in [5.41, 5.74) is 3.31. The van der Waals surface area contributed by atoms with Crippen molar-refractivity contribution in [3.8, 4) is 11.1 Å². The Bertz CT molecular complexity index is 1210. The van der Waals surface area contributed by atoms with E-state index >= 15 is 0 Å². The highest BCUT2D eigenvalue weighted by Crippen LogP contribution is 2.44. The van der Waals surface area contributed by atoms with Crippen molar-refractivity contribution >= 4 is 18.0 Å². The molecule has 1 amide bonds. The maximum Gasteiger partial charge on any atom is 0.407 e. The standard InChI is InChI=1S/C35H47NO7/c1-8-14-25(40-7)20-19-23(3)31(35(5,6)33(38)41-21-9-2)43-32(37)24(4)36-34(39)42-22-30-28-17-12-10-15-26(28)27-16-11-13-18-29(27)30/h9-13,15-18,23-25,30-31H,2,8,14,19-22H2,1,3-7H3,(H,36,39)/t23-,24+,25+,31+/m1/s1. The van der Waals surface area contributed by atoms with E-state index in [1.807, 2.05) is 43.3 Å². The van der Waals surface area contributed by atoms with Crippen LogP contribution in [0.1, 0.15) is 77.3 Å². The van der Waals surface area contributed by atoms with Crippen molar-refractivity contribution in [3.63, 3.8) is 0 Å². The third-order valence-corrected chi connectivity index (χ3v) is 8.25. The van der Waals surface area contributed by atoms with Crippen LogP contribution < -0.4 is 5.32 Å². The van der Waals surface area contributed by atoms with Crippen LogP contribution in [0.15, 0.2) is 61.2 Å². The summed E-state index contributed by atoms with van der Waals surface area (Å²) < 4.78 is 22.5. The molecule has 0 heterocycles. The Balaban J connectivity index is 1.65. The van der Waals surface area contributed by atoms with E-state index in [2.05, 4.69) is 31.0 Å². The fraction of sp³-hybridized carbons (Fsp3) is 0.514. The van der Waals surface area contributed by atoms with Crippen molar-refractivity contribution < 1.29 is 33.3 Å². The van der Waals surface area contributed by atoms with E-state index in [1.54, 1.807) is 21.0 Å². The molecule has 0 spiro atoms. The number of hydrogen-bond donors (Lipinski definition) is 1. The van der Waals surface area contributed by atoms with Gasteiger partial charge in [-0.2, -0.15) is 0 Å². The molecule has 8 nitrogen and oxygen atoms in total. The molecule has 2 aromatic rings. The Morgan fingerprint density at radius 2 is 1.56 bits per heavy atom. The van der Waals surface area contributed by atoms with E-state index in [1.165, 1.54) is 13.0 Å². The predicted octanol–water partition coefficient (Wildman–Crippen LogP) is 6.81. The number of nitrogens with one attached hydrogen (secondary N) is 1. The van der Waals surface area contributed by atoms with Crippen molar-refractivity contribution in [2.75, 3.05) is 20.3 Å². The van der Waals surface area contributed by atoms with Gasteiger partial charge in [-0.15, -0.1) is 0 Å². The molecule has 0 fully saturated rings. The first-order chi connectivity index (χ1) is 20.5. The van der Waals surface area contributed by atoms with E-state index < -0.39 is 35.6 Å². The molecule has 43 heavy (non-hydrogen) atoms. The largest absolute Gasteiger partial charge is 0.461 e. The second-order valence-electron chi connectivity index (χ2n) is 11.9. The predicted molar refractivity (Wildman–Crippen MR) is 167 cm³/mol. The van der Waals surface area contributed by atoms with Gasteiger partial charge < -0.3 is 24.3 Å². The zero-order chi connectivity index (χ0) is 31.6. The molecule has 1 aliphatic rings. The average molecular weight is 594 g/mol. The zero-order valence-corrected chi connectivity index (χ0v) is 26.4. The second kappa shape index (κ2) is 15.7. The molecular formula is C35H47NO7. The number of carbonyl (C=O) groups is 3. The Morgan fingerprint density at radius 1 is 0.953 bits per heavy atom. The number of carbonyl (C=O) groups excluding carboxylic acids is 3. The maximum atomic E-state index is 13.3. The molecule has 3 rings (SSSR count). The normalized spacial score (nSPS) is 15.3. The van der Waals surface area contributed by atoms with E-state index in [0.29, 0.717) is 6.42 Å². The van der Waals surface area contributed by atoms with Gasteiger partial charge in [-0.3, -0.25) is 4.79 Å². The highest BCUT2D eigenvalue weighted by molar-refractivity contribution is 5.83. The molecule has 0 bridgehead atoms. The van der Waals surface area contributed by atoms with Crippen LogP contribution in [-0.2, 0) is 28.5 Å². The summed E-state index contributed by atoms with van der Waals surface area (Å²) in [5.74, 6) is -1.44. The highest BCUT2D eigenvalue weighted by atomic mass is 16.6. The lowest BCUT2D eigenvalue weighted by atomic mass is 9.78. The first-order valence-corrected chi connectivity index (χ1v) is 15.2. The van der Waals surface area contributed by atoms with Crippen LogP contribution in [0.3, 0.4) is 0 Å². The number of ether oxygens (including phenoxy) is 4. The summed E-state index contributed by atoms with van der Waals surface area (Å²) in [5, 5.41) is 2.60. The third-order valence-electron chi connectivity index (χ3n) is 8.25. The van der Waals surface area contributed by atoms with Gasteiger partial charge in [0, 0.05) is 13.0 Å². The number of methoxy groups -OCH3 is 1. The van der Waals surface area contributed by atoms with Gasteiger partial charge in [-0.05, 0) is 68.2 Å². The number of hydrogen-bond acceptors (Lipinski definition) is 7. The van der Waals surface area contributed by atoms with Gasteiger partial charge in [0.2, 0.25) is 0 Å². The van der Waals surface area contributed by atoms with Crippen molar-refractivity contribution in [1.29, 1.82) is 0 Å². The molecule has 0 aromatic heterocycles. The molecule has 4 atom stereocenters. The van der Waals surface area contributed by atoms with Crippen molar-refractivity contribution in [3.05, 3.63) is 72.3 Å². The Kier molecular flexibility index (Phi) is 12.4. The molecule has 0 saturated heterocycles. The molecule has 2 aromatic carbocycles. The Labute approximate surface area is 256 Å². The quantitative estimate of drug-likeness (QED) is 0.130. The number of amides is 1. The van der Waals surface area contributed by atoms with Gasteiger partial charge in [0.15, 0.2) is 0 Å². The molecule has 1 aliphatic carbocycles. The van der Waals surface area contributed by atoms with Gasteiger partial charge in [0.25, 0.3) is 0 Å². The SMILES string of the molecule is C=CCOC(=O)C(C)(C)[C@@H](OC(=O)[C@H](C)NC(=O)OCC1c2ccccc2-c2ccccc21)[C@H](C)CC[C@H](CCC)OC. The zero-order valence-electron chi connectivity index (χ0n) is 26.4. The fourth-order valence-electron chi connectivity index (χ4n) is 5.82. The van der Waals surface area contributed by atoms with Gasteiger partial charge in [-0.1, -0.05) is 81.5 Å². The van der Waals surface area contributed by atoms with Crippen molar-refractivity contribution in [2.24, 2.45) is 11.3 Å². The van der Waals surface area contributed by atoms with E-state index in [0.717, 1.165) is 41.5 Å². The average Bonchev–Trinajstić information content (AvgIpc) is 3.32. The fourth-order valence-corrected chi connectivity index (χ4v) is 5.82. The summed E-state index contributed by atoms with van der Waals surface area (Å²) in [7, 11) is 1.69. The van der Waals surface area contributed by atoms with Crippen LogP contribution in [0, 0.1) is 11.3 Å². The molecule has 0 radical (unpaired) electrons. The number of benzene rings is 2. The topological polar surface area (TPSA) is 100 Å². The van der Waals surface area contributed by atoms with Crippen LogP contribution in [0.4, 0.5) is 4.79 Å². The molecule has 0 aliphatic heterocycles. The summed E-state index contributed by atoms with van der Waals surface area (Å²) >= 11 is 0. The first kappa shape index (κ1) is 33.8. The monoisotopic (exact) mass is 593 g/mol. The second-order valence-corrected chi connectivity index (χ2v) is 11.9. The van der Waals surface area contributed by atoms with Crippen molar-refractivity contribution in [2.45, 2.75) is 84.5 Å². The molecule has 0 saturated carbocycles. The minimum absolute atomic E-state index is 0.0549. The van der Waals surface area contributed by atoms with E-state index in [9.17, 15) is 14.4 Å². The summed E-state index contributed by atoms with van der Waals surface area (Å²) in [4.78, 5) is 39.1. The molecule has 1 N–H and O–H groups in total. The molecular weight excluding hydrogens is 546 g/mol. The van der Waals surface area contributed by atoms with E-state index in [-0.39, 0.29) is 31.2 Å². The Morgan fingerprint density at radius 3 is 2.12 bits per heavy atom. The van der Waals surface area contributed by atoms with Crippen LogP contribution in [0.2, 0.25) is 0 Å². The van der Waals surface area contributed by atoms with Crippen LogP contribution in [-0.4, -0.2) is 56.6 Å². The van der Waals surface area contributed by atoms with Crippen LogP contribution in [0.5, 0.6) is 0 Å². The molecule has 234 valence electrons. The lowest BCUT2D eigenvalue weighted by Crippen LogP contribution is -2.49. The minimum Gasteiger partial charge on any atom is -0.461 e. The van der Waals surface area contributed by atoms with Gasteiger partial charge in [-0.25, -0.2) is 9.59 Å².